The summed E-state index contributed by atoms with van der Waals surface area (Å²) in [6.07, 6.45) is 14.5. The van der Waals surface area contributed by atoms with E-state index in [0.717, 1.165) is 78.5 Å². The first kappa shape index (κ1) is 25.1. The topological polar surface area (TPSA) is 86.9 Å². The predicted molar refractivity (Wildman–Crippen MR) is 147 cm³/mol. The van der Waals surface area contributed by atoms with E-state index in [0.29, 0.717) is 41.7 Å². The molecular formula is C30H33N3O5S. The van der Waals surface area contributed by atoms with Crippen molar-refractivity contribution in [3.63, 3.8) is 0 Å². The molecule has 1 aliphatic carbocycles. The first-order chi connectivity index (χ1) is 19.1. The minimum Gasteiger partial charge on any atom is -0.465 e. The quantitative estimate of drug-likeness (QED) is 0.282. The molecule has 3 saturated heterocycles. The Morgan fingerprint density at radius 1 is 1.13 bits per heavy atom. The number of benzene rings is 1. The molecule has 0 spiro atoms. The molecule has 4 fully saturated rings. The molecular weight excluding hydrogens is 514 g/mol. The highest BCUT2D eigenvalue weighted by atomic mass is 32.1. The van der Waals surface area contributed by atoms with E-state index in [9.17, 15) is 4.79 Å². The van der Waals surface area contributed by atoms with Crippen LogP contribution in [0.3, 0.4) is 0 Å². The normalized spacial score (nSPS) is 25.2. The van der Waals surface area contributed by atoms with Crippen LogP contribution in [-0.4, -0.2) is 54.6 Å². The first-order valence-electron chi connectivity index (χ1n) is 14.1. The number of piperidine rings is 1. The molecule has 2 atom stereocenters. The maximum absolute atomic E-state index is 12.2. The van der Waals surface area contributed by atoms with E-state index in [2.05, 4.69) is 16.0 Å². The van der Waals surface area contributed by atoms with Crippen molar-refractivity contribution in [3.05, 3.63) is 40.3 Å². The Balaban J connectivity index is 1.08. The Morgan fingerprint density at radius 3 is 2.59 bits per heavy atom. The Hall–Kier alpha value is -2.93. The second-order valence-corrected chi connectivity index (χ2v) is 12.3. The van der Waals surface area contributed by atoms with Gasteiger partial charge in [0.05, 0.1) is 46.9 Å². The lowest BCUT2D eigenvalue weighted by atomic mass is 9.92. The SMILES string of the molecule is C#Cc1cc(C(=O)OC)cc2sc(N3C4CCC3CC(OCc3c(C5CCOCC5)noc3C3CC3)C4)nc12. The summed E-state index contributed by atoms with van der Waals surface area (Å²) >= 11 is 1.61. The molecule has 39 heavy (non-hydrogen) atoms. The van der Waals surface area contributed by atoms with Crippen LogP contribution < -0.4 is 4.90 Å². The van der Waals surface area contributed by atoms with Crippen LogP contribution >= 0.6 is 11.3 Å². The zero-order valence-electron chi connectivity index (χ0n) is 22.2. The van der Waals surface area contributed by atoms with E-state index in [4.69, 9.17) is 30.1 Å². The van der Waals surface area contributed by atoms with Crippen LogP contribution in [0.25, 0.3) is 10.2 Å². The Morgan fingerprint density at radius 2 is 1.90 bits per heavy atom. The molecule has 4 aliphatic rings. The van der Waals surface area contributed by atoms with E-state index >= 15 is 0 Å². The summed E-state index contributed by atoms with van der Waals surface area (Å²) < 4.78 is 23.9. The number of carbonyl (C=O) groups is 1. The Labute approximate surface area is 232 Å². The van der Waals surface area contributed by atoms with Crippen molar-refractivity contribution in [3.8, 4) is 12.3 Å². The van der Waals surface area contributed by atoms with Gasteiger partial charge >= 0.3 is 5.97 Å². The highest BCUT2D eigenvalue weighted by Gasteiger charge is 2.43. The van der Waals surface area contributed by atoms with Crippen LogP contribution in [0.5, 0.6) is 0 Å². The minimum absolute atomic E-state index is 0.199. The van der Waals surface area contributed by atoms with E-state index in [1.807, 2.05) is 6.07 Å². The van der Waals surface area contributed by atoms with Crippen LogP contribution in [0.4, 0.5) is 5.13 Å². The van der Waals surface area contributed by atoms with Crippen molar-refractivity contribution in [2.75, 3.05) is 25.2 Å². The highest BCUT2D eigenvalue weighted by molar-refractivity contribution is 7.22. The molecule has 1 aromatic carbocycles. The van der Waals surface area contributed by atoms with Gasteiger partial charge in [0.1, 0.15) is 5.76 Å². The van der Waals surface area contributed by atoms with E-state index < -0.39 is 0 Å². The largest absolute Gasteiger partial charge is 0.465 e. The molecule has 0 amide bonds. The van der Waals surface area contributed by atoms with Gasteiger partial charge in [-0.05, 0) is 63.5 Å². The van der Waals surface area contributed by atoms with Gasteiger partial charge in [-0.2, -0.15) is 0 Å². The molecule has 204 valence electrons. The summed E-state index contributed by atoms with van der Waals surface area (Å²) in [7, 11) is 1.38. The fourth-order valence-electron chi connectivity index (χ4n) is 6.69. The molecule has 2 aromatic heterocycles. The molecule has 3 aliphatic heterocycles. The van der Waals surface area contributed by atoms with Crippen LogP contribution in [0.2, 0.25) is 0 Å². The molecule has 8 nitrogen and oxygen atoms in total. The number of rotatable bonds is 7. The predicted octanol–water partition coefficient (Wildman–Crippen LogP) is 5.54. The molecule has 9 heteroatoms. The Bertz CT molecular complexity index is 1420. The third-order valence-corrected chi connectivity index (χ3v) is 9.86. The second-order valence-electron chi connectivity index (χ2n) is 11.3. The molecule has 1 saturated carbocycles. The van der Waals surface area contributed by atoms with Gasteiger partial charge in [-0.15, -0.1) is 6.42 Å². The fourth-order valence-corrected chi connectivity index (χ4v) is 7.86. The lowest BCUT2D eigenvalue weighted by Crippen LogP contribution is -2.45. The van der Waals surface area contributed by atoms with Crippen LogP contribution in [0.1, 0.15) is 96.1 Å². The number of fused-ring (bicyclic) bond motifs is 3. The molecule has 7 rings (SSSR count). The smallest absolute Gasteiger partial charge is 0.337 e. The van der Waals surface area contributed by atoms with Gasteiger partial charge in [0.15, 0.2) is 5.13 Å². The van der Waals surface area contributed by atoms with E-state index in [1.165, 1.54) is 25.5 Å². The molecule has 5 heterocycles. The number of methoxy groups -OCH3 is 1. The molecule has 2 unspecified atom stereocenters. The summed E-state index contributed by atoms with van der Waals surface area (Å²) in [6, 6.07) is 4.29. The van der Waals surface area contributed by atoms with Crippen molar-refractivity contribution in [1.29, 1.82) is 0 Å². The van der Waals surface area contributed by atoms with Crippen molar-refractivity contribution in [1.82, 2.24) is 10.1 Å². The number of thiazole rings is 1. The number of esters is 1. The number of hydrogen-bond donors (Lipinski definition) is 0. The molecule has 0 N–H and O–H groups in total. The van der Waals surface area contributed by atoms with E-state index in [1.54, 1.807) is 17.4 Å². The average molecular weight is 548 g/mol. The summed E-state index contributed by atoms with van der Waals surface area (Å²) in [5.74, 6) is 4.28. The maximum atomic E-state index is 12.2. The minimum atomic E-state index is -0.390. The van der Waals surface area contributed by atoms with Gasteiger partial charge in [0.25, 0.3) is 0 Å². The number of ether oxygens (including phenoxy) is 3. The summed E-state index contributed by atoms with van der Waals surface area (Å²) in [5.41, 5.74) is 4.17. The standard InChI is InChI=1S/C30H33N3O5S/c1-3-17-12-20(29(34)35-2)13-25-27(17)31-30(39-25)33-21-6-7-22(33)15-23(14-21)37-16-24-26(18-8-10-36-11-9-18)32-38-28(24)19-4-5-19/h1,12-13,18-19,21-23H,4-11,14-16H2,2H3. The van der Waals surface area contributed by atoms with Crippen LogP contribution in [0, 0.1) is 12.3 Å². The van der Waals surface area contributed by atoms with Crippen molar-refractivity contribution in [2.45, 2.75) is 88.0 Å². The summed E-state index contributed by atoms with van der Waals surface area (Å²) in [6.45, 7) is 2.16. The number of anilines is 1. The third-order valence-electron chi connectivity index (χ3n) is 8.84. The number of hydrogen-bond acceptors (Lipinski definition) is 9. The first-order valence-corrected chi connectivity index (χ1v) is 14.9. The van der Waals surface area contributed by atoms with Crippen molar-refractivity contribution < 1.29 is 23.5 Å². The highest BCUT2D eigenvalue weighted by Crippen LogP contribution is 2.46. The Kier molecular flexibility index (Phi) is 6.58. The van der Waals surface area contributed by atoms with Crippen molar-refractivity contribution >= 4 is 32.7 Å². The lowest BCUT2D eigenvalue weighted by molar-refractivity contribution is 0.0137. The second kappa shape index (κ2) is 10.2. The lowest BCUT2D eigenvalue weighted by Gasteiger charge is -2.38. The van der Waals surface area contributed by atoms with E-state index in [-0.39, 0.29) is 12.1 Å². The zero-order chi connectivity index (χ0) is 26.5. The van der Waals surface area contributed by atoms with Crippen LogP contribution in [-0.2, 0) is 20.8 Å². The molecule has 3 aromatic rings. The van der Waals surface area contributed by atoms with Gasteiger partial charge in [0.2, 0.25) is 0 Å². The van der Waals surface area contributed by atoms with Gasteiger partial charge in [0, 0.05) is 42.7 Å². The van der Waals surface area contributed by atoms with Gasteiger partial charge in [-0.25, -0.2) is 9.78 Å². The third kappa shape index (κ3) is 4.62. The maximum Gasteiger partial charge on any atom is 0.337 e. The zero-order valence-corrected chi connectivity index (χ0v) is 23.0. The van der Waals surface area contributed by atoms with Crippen molar-refractivity contribution in [2.24, 2.45) is 0 Å². The van der Waals surface area contributed by atoms with Crippen LogP contribution in [0.15, 0.2) is 16.7 Å². The monoisotopic (exact) mass is 547 g/mol. The molecule has 0 radical (unpaired) electrons. The number of nitrogens with zero attached hydrogens (tertiary/aromatic N) is 3. The van der Waals surface area contributed by atoms with Gasteiger partial charge in [-0.1, -0.05) is 22.4 Å². The van der Waals surface area contributed by atoms with Gasteiger partial charge < -0.3 is 23.6 Å². The summed E-state index contributed by atoms with van der Waals surface area (Å²) in [4.78, 5) is 19.6. The number of aromatic nitrogens is 2. The molecule has 2 bridgehead atoms. The fraction of sp³-hybridized carbons (Fsp3) is 0.567. The number of carbonyl (C=O) groups excluding carboxylic acids is 1. The number of terminal acetylenes is 1. The van der Waals surface area contributed by atoms with Gasteiger partial charge in [-0.3, -0.25) is 0 Å². The summed E-state index contributed by atoms with van der Waals surface area (Å²) in [5, 5.41) is 5.53. The average Bonchev–Trinajstić information content (AvgIpc) is 3.48.